The van der Waals surface area contributed by atoms with Crippen molar-refractivity contribution in [1.29, 1.82) is 0 Å². The zero-order chi connectivity index (χ0) is 22.5. The van der Waals surface area contributed by atoms with Gasteiger partial charge in [-0.05, 0) is 67.2 Å². The molecular formula is C26H32N2O3S. The van der Waals surface area contributed by atoms with E-state index < -0.39 is 0 Å². The van der Waals surface area contributed by atoms with Crippen LogP contribution in [0.1, 0.15) is 77.4 Å². The minimum absolute atomic E-state index is 0.0940. The summed E-state index contributed by atoms with van der Waals surface area (Å²) >= 11 is 1.55. The van der Waals surface area contributed by atoms with Gasteiger partial charge >= 0.3 is 0 Å². The molecule has 1 saturated heterocycles. The van der Waals surface area contributed by atoms with Crippen molar-refractivity contribution < 1.29 is 14.3 Å². The lowest BCUT2D eigenvalue weighted by Gasteiger charge is -2.15. The quantitative estimate of drug-likeness (QED) is 0.560. The molecule has 0 saturated carbocycles. The highest BCUT2D eigenvalue weighted by atomic mass is 32.1. The summed E-state index contributed by atoms with van der Waals surface area (Å²) in [5.41, 5.74) is 4.00. The van der Waals surface area contributed by atoms with Crippen LogP contribution < -0.4 is 10.6 Å². The fourth-order valence-electron chi connectivity index (χ4n) is 4.31. The Morgan fingerprint density at radius 3 is 2.66 bits per heavy atom. The highest BCUT2D eigenvalue weighted by molar-refractivity contribution is 7.17. The summed E-state index contributed by atoms with van der Waals surface area (Å²) in [4.78, 5) is 27.0. The van der Waals surface area contributed by atoms with Gasteiger partial charge in [-0.15, -0.1) is 11.3 Å². The first-order valence-corrected chi connectivity index (χ1v) is 12.5. The average Bonchev–Trinajstić information content (AvgIpc) is 3.44. The van der Waals surface area contributed by atoms with Crippen LogP contribution in [0.2, 0.25) is 0 Å². The SMILES string of the molecule is CC(C)c1ccc(/C=C/C(=O)Nc2sc3c(c2C(=O)NC[C@H]2CCCO2)CCCC3)cc1. The molecule has 0 spiro atoms. The van der Waals surface area contributed by atoms with E-state index in [9.17, 15) is 9.59 Å². The highest BCUT2D eigenvalue weighted by Crippen LogP contribution is 2.38. The number of fused-ring (bicyclic) bond motifs is 1. The molecule has 5 nitrogen and oxygen atoms in total. The molecule has 1 aliphatic carbocycles. The summed E-state index contributed by atoms with van der Waals surface area (Å²) in [5.74, 6) is 0.152. The number of hydrogen-bond donors (Lipinski definition) is 2. The second kappa shape index (κ2) is 10.5. The maximum Gasteiger partial charge on any atom is 0.254 e. The number of aryl methyl sites for hydroxylation is 1. The minimum atomic E-state index is -0.218. The second-order valence-electron chi connectivity index (χ2n) is 8.90. The van der Waals surface area contributed by atoms with E-state index in [4.69, 9.17) is 4.74 Å². The summed E-state index contributed by atoms with van der Waals surface area (Å²) in [6, 6.07) is 8.22. The van der Waals surface area contributed by atoms with E-state index >= 15 is 0 Å². The third kappa shape index (κ3) is 5.48. The predicted molar refractivity (Wildman–Crippen MR) is 130 cm³/mol. The van der Waals surface area contributed by atoms with E-state index in [2.05, 4.69) is 36.6 Å². The number of hydrogen-bond acceptors (Lipinski definition) is 4. The number of rotatable bonds is 7. The maximum absolute atomic E-state index is 13.1. The van der Waals surface area contributed by atoms with Crippen LogP contribution in [-0.2, 0) is 22.4 Å². The highest BCUT2D eigenvalue weighted by Gasteiger charge is 2.27. The third-order valence-electron chi connectivity index (χ3n) is 6.18. The van der Waals surface area contributed by atoms with Crippen molar-refractivity contribution in [2.75, 3.05) is 18.5 Å². The van der Waals surface area contributed by atoms with Crippen molar-refractivity contribution in [1.82, 2.24) is 5.32 Å². The summed E-state index contributed by atoms with van der Waals surface area (Å²) in [7, 11) is 0. The number of nitrogens with one attached hydrogen (secondary N) is 2. The first-order chi connectivity index (χ1) is 15.5. The van der Waals surface area contributed by atoms with Crippen LogP contribution in [0, 0.1) is 0 Å². The zero-order valence-electron chi connectivity index (χ0n) is 18.9. The Labute approximate surface area is 194 Å². The summed E-state index contributed by atoms with van der Waals surface area (Å²) in [5, 5.41) is 6.67. The number of anilines is 1. The van der Waals surface area contributed by atoms with Crippen molar-refractivity contribution in [3.8, 4) is 0 Å². The molecule has 0 radical (unpaired) electrons. The van der Waals surface area contributed by atoms with Crippen LogP contribution >= 0.6 is 11.3 Å². The van der Waals surface area contributed by atoms with Crippen molar-refractivity contribution in [2.45, 2.75) is 64.4 Å². The van der Waals surface area contributed by atoms with E-state index in [1.165, 1.54) is 16.5 Å². The number of carbonyl (C=O) groups excluding carboxylic acids is 2. The van der Waals surface area contributed by atoms with Crippen molar-refractivity contribution in [3.63, 3.8) is 0 Å². The summed E-state index contributed by atoms with van der Waals surface area (Å²) < 4.78 is 5.63. The molecule has 2 aliphatic rings. The lowest BCUT2D eigenvalue weighted by molar-refractivity contribution is -0.111. The molecule has 0 unspecified atom stereocenters. The Kier molecular flexibility index (Phi) is 7.43. The zero-order valence-corrected chi connectivity index (χ0v) is 19.7. The number of thiophene rings is 1. The molecule has 2 aromatic rings. The molecular weight excluding hydrogens is 420 g/mol. The summed E-state index contributed by atoms with van der Waals surface area (Å²) in [6.45, 7) is 5.60. The molecule has 2 N–H and O–H groups in total. The van der Waals surface area contributed by atoms with Gasteiger partial charge in [0.15, 0.2) is 0 Å². The Morgan fingerprint density at radius 2 is 1.94 bits per heavy atom. The van der Waals surface area contributed by atoms with Crippen molar-refractivity contribution in [2.24, 2.45) is 0 Å². The van der Waals surface area contributed by atoms with E-state index in [-0.39, 0.29) is 17.9 Å². The molecule has 2 heterocycles. The molecule has 0 bridgehead atoms. The first kappa shape index (κ1) is 22.7. The van der Waals surface area contributed by atoms with Crippen LogP contribution in [0.3, 0.4) is 0 Å². The molecule has 32 heavy (non-hydrogen) atoms. The molecule has 1 aromatic carbocycles. The number of carbonyl (C=O) groups is 2. The smallest absolute Gasteiger partial charge is 0.254 e. The van der Waals surface area contributed by atoms with Gasteiger partial charge in [-0.1, -0.05) is 38.1 Å². The Morgan fingerprint density at radius 1 is 1.16 bits per heavy atom. The van der Waals surface area contributed by atoms with E-state index in [0.717, 1.165) is 56.3 Å². The monoisotopic (exact) mass is 452 g/mol. The molecule has 1 aliphatic heterocycles. The minimum Gasteiger partial charge on any atom is -0.376 e. The van der Waals surface area contributed by atoms with Gasteiger partial charge < -0.3 is 15.4 Å². The molecule has 4 rings (SSSR count). The van der Waals surface area contributed by atoms with Crippen LogP contribution in [0.25, 0.3) is 6.08 Å². The fraction of sp³-hybridized carbons (Fsp3) is 0.462. The molecule has 1 aromatic heterocycles. The lowest BCUT2D eigenvalue weighted by atomic mass is 9.95. The van der Waals surface area contributed by atoms with Gasteiger partial charge in [0.1, 0.15) is 5.00 Å². The van der Waals surface area contributed by atoms with Crippen LogP contribution in [0.5, 0.6) is 0 Å². The Balaban J connectivity index is 1.46. The van der Waals surface area contributed by atoms with Crippen LogP contribution in [0.15, 0.2) is 30.3 Å². The number of amides is 2. The van der Waals surface area contributed by atoms with Gasteiger partial charge in [0.2, 0.25) is 5.91 Å². The topological polar surface area (TPSA) is 67.4 Å². The van der Waals surface area contributed by atoms with E-state index in [1.54, 1.807) is 11.3 Å². The van der Waals surface area contributed by atoms with Gasteiger partial charge in [0.05, 0.1) is 11.7 Å². The maximum atomic E-state index is 13.1. The van der Waals surface area contributed by atoms with Gasteiger partial charge in [0.25, 0.3) is 5.91 Å². The van der Waals surface area contributed by atoms with Gasteiger partial charge in [-0.25, -0.2) is 0 Å². The molecule has 6 heteroatoms. The lowest BCUT2D eigenvalue weighted by Crippen LogP contribution is -2.32. The predicted octanol–water partition coefficient (Wildman–Crippen LogP) is 5.31. The number of ether oxygens (including phenoxy) is 1. The molecule has 170 valence electrons. The second-order valence-corrected chi connectivity index (χ2v) is 10.0. The van der Waals surface area contributed by atoms with Crippen molar-refractivity contribution in [3.05, 3.63) is 57.5 Å². The van der Waals surface area contributed by atoms with Crippen molar-refractivity contribution >= 4 is 34.2 Å². The fourth-order valence-corrected chi connectivity index (χ4v) is 5.60. The molecule has 1 atom stereocenters. The van der Waals surface area contributed by atoms with E-state index in [1.807, 2.05) is 18.2 Å². The molecule has 2 amide bonds. The Hall–Kier alpha value is -2.44. The third-order valence-corrected chi connectivity index (χ3v) is 7.39. The Bertz CT molecular complexity index is 985. The largest absolute Gasteiger partial charge is 0.376 e. The summed E-state index contributed by atoms with van der Waals surface area (Å²) in [6.07, 6.45) is 9.54. The normalized spacial score (nSPS) is 18.2. The van der Waals surface area contributed by atoms with Gasteiger partial charge in [-0.2, -0.15) is 0 Å². The van der Waals surface area contributed by atoms with Crippen LogP contribution in [0.4, 0.5) is 5.00 Å². The standard InChI is InChI=1S/C26H32N2O3S/c1-17(2)19-12-9-18(10-13-19)11-14-23(29)28-26-24(21-7-3-4-8-22(21)32-26)25(30)27-16-20-6-5-15-31-20/h9-14,17,20H,3-8,15-16H2,1-2H3,(H,27,30)(H,28,29)/b14-11+/t20-/m1/s1. The van der Waals surface area contributed by atoms with Gasteiger partial charge in [0, 0.05) is 24.1 Å². The molecule has 1 fully saturated rings. The average molecular weight is 453 g/mol. The van der Waals surface area contributed by atoms with Crippen LogP contribution in [-0.4, -0.2) is 31.1 Å². The van der Waals surface area contributed by atoms with E-state index in [0.29, 0.717) is 23.0 Å². The number of benzene rings is 1. The first-order valence-electron chi connectivity index (χ1n) is 11.6. The van der Waals surface area contributed by atoms with Gasteiger partial charge in [-0.3, -0.25) is 9.59 Å².